The Labute approximate surface area is 219 Å². The maximum atomic E-state index is 13.4. The van der Waals surface area contributed by atoms with E-state index >= 15 is 0 Å². The number of ether oxygens (including phenoxy) is 1. The Morgan fingerprint density at radius 2 is 1.89 bits per heavy atom. The van der Waals surface area contributed by atoms with Crippen LogP contribution in [0.3, 0.4) is 0 Å². The molecule has 1 amide bonds. The molecule has 1 fully saturated rings. The molecule has 2 aliphatic heterocycles. The first-order valence-corrected chi connectivity index (χ1v) is 12.7. The number of rotatable bonds is 4. The number of carbonyl (C=O) groups is 1. The van der Waals surface area contributed by atoms with Crippen LogP contribution in [0, 0.1) is 5.82 Å². The normalized spacial score (nSPS) is 18.3. The van der Waals surface area contributed by atoms with E-state index in [1.807, 2.05) is 29.7 Å². The van der Waals surface area contributed by atoms with Crippen molar-refractivity contribution in [1.29, 1.82) is 0 Å². The number of pyridine rings is 1. The van der Waals surface area contributed by atoms with Gasteiger partial charge in [0.05, 0.1) is 24.5 Å². The highest BCUT2D eigenvalue weighted by Gasteiger charge is 2.37. The first-order chi connectivity index (χ1) is 17.7. The van der Waals surface area contributed by atoms with Gasteiger partial charge in [0, 0.05) is 24.0 Å². The lowest BCUT2D eigenvalue weighted by atomic mass is 9.95. The molecule has 1 atom stereocenters. The van der Waals surface area contributed by atoms with Crippen LogP contribution >= 0.6 is 11.6 Å². The fourth-order valence-corrected chi connectivity index (χ4v) is 5.11. The van der Waals surface area contributed by atoms with Gasteiger partial charge >= 0.3 is 6.09 Å². The van der Waals surface area contributed by atoms with Crippen molar-refractivity contribution in [3.8, 4) is 5.69 Å². The van der Waals surface area contributed by atoms with Gasteiger partial charge in [-0.15, -0.1) is 10.2 Å². The number of hydrogen-bond donors (Lipinski definition) is 0. The van der Waals surface area contributed by atoms with E-state index in [4.69, 9.17) is 16.3 Å². The van der Waals surface area contributed by atoms with Crippen LogP contribution in [0.2, 0.25) is 5.02 Å². The number of halogens is 3. The van der Waals surface area contributed by atoms with Crippen LogP contribution in [-0.4, -0.2) is 56.1 Å². The third-order valence-corrected chi connectivity index (χ3v) is 7.23. The molecule has 0 bridgehead atoms. The highest BCUT2D eigenvalue weighted by atomic mass is 35.5. The molecule has 2 aliphatic rings. The first-order valence-electron chi connectivity index (χ1n) is 12.3. The third-order valence-electron chi connectivity index (χ3n) is 6.99. The first kappa shape index (κ1) is 25.4. The summed E-state index contributed by atoms with van der Waals surface area (Å²) in [5, 5.41) is 9.65. The van der Waals surface area contributed by atoms with Crippen molar-refractivity contribution in [3.05, 3.63) is 64.6 Å². The summed E-state index contributed by atoms with van der Waals surface area (Å²) >= 11 is 6.34. The molecule has 0 saturated carbocycles. The zero-order valence-corrected chi connectivity index (χ0v) is 21.8. The van der Waals surface area contributed by atoms with E-state index < -0.39 is 24.4 Å². The SMILES string of the molecule is CC1c2nnc(C3CCN(c4ccc(F)cn4)CC3)n2-c2ccc(Cl)cc2CN1C(=O)OC(C)(C)CF. The van der Waals surface area contributed by atoms with Crippen molar-refractivity contribution in [2.75, 3.05) is 24.7 Å². The number of benzene rings is 1. The Morgan fingerprint density at radius 3 is 2.57 bits per heavy atom. The van der Waals surface area contributed by atoms with E-state index in [1.54, 1.807) is 6.07 Å². The molecule has 1 unspecified atom stereocenters. The monoisotopic (exact) mass is 530 g/mol. The lowest BCUT2D eigenvalue weighted by Crippen LogP contribution is -2.40. The molecule has 1 saturated heterocycles. The van der Waals surface area contributed by atoms with Crippen LogP contribution in [0.5, 0.6) is 0 Å². The number of anilines is 1. The van der Waals surface area contributed by atoms with Crippen molar-refractivity contribution in [2.24, 2.45) is 0 Å². The Hall–Kier alpha value is -3.27. The van der Waals surface area contributed by atoms with E-state index in [0.29, 0.717) is 10.8 Å². The molecule has 0 radical (unpaired) electrons. The largest absolute Gasteiger partial charge is 0.441 e. The van der Waals surface area contributed by atoms with Gasteiger partial charge in [-0.3, -0.25) is 9.47 Å². The van der Waals surface area contributed by atoms with Crippen LogP contribution < -0.4 is 4.90 Å². The standard InChI is InChI=1S/C26H29ClF2N6O2/c1-16-23-31-32-24(17-8-10-33(11-9-17)22-7-5-20(29)13-30-22)35(23)21-6-4-19(27)12-18(21)14-34(16)25(36)37-26(2,3)15-28/h4-7,12-13,16-17H,8-11,14-15H2,1-3H3. The second kappa shape index (κ2) is 9.89. The van der Waals surface area contributed by atoms with Gasteiger partial charge < -0.3 is 9.64 Å². The number of aromatic nitrogens is 4. The molecule has 1 aromatic carbocycles. The van der Waals surface area contributed by atoms with Crippen LogP contribution in [0.15, 0.2) is 36.5 Å². The Bertz CT molecular complexity index is 1290. The fourth-order valence-electron chi connectivity index (χ4n) is 4.92. The number of fused-ring (bicyclic) bond motifs is 3. The molecule has 4 heterocycles. The predicted molar refractivity (Wildman–Crippen MR) is 135 cm³/mol. The van der Waals surface area contributed by atoms with Crippen LogP contribution in [0.4, 0.5) is 19.4 Å². The summed E-state index contributed by atoms with van der Waals surface area (Å²) in [4.78, 5) is 21.0. The minimum absolute atomic E-state index is 0.123. The lowest BCUT2D eigenvalue weighted by molar-refractivity contribution is -0.00874. The molecule has 196 valence electrons. The second-order valence-electron chi connectivity index (χ2n) is 10.2. The van der Waals surface area contributed by atoms with Crippen molar-refractivity contribution in [2.45, 2.75) is 57.7 Å². The summed E-state index contributed by atoms with van der Waals surface area (Å²) in [5.41, 5.74) is 0.433. The van der Waals surface area contributed by atoms with Gasteiger partial charge in [0.1, 0.15) is 29.7 Å². The minimum atomic E-state index is -1.24. The van der Waals surface area contributed by atoms with E-state index in [-0.39, 0.29) is 18.3 Å². The van der Waals surface area contributed by atoms with Crippen LogP contribution in [-0.2, 0) is 11.3 Å². The highest BCUT2D eigenvalue weighted by Crippen LogP contribution is 2.37. The summed E-state index contributed by atoms with van der Waals surface area (Å²) in [5.74, 6) is 1.94. The molecule has 0 aliphatic carbocycles. The molecule has 0 N–H and O–H groups in total. The van der Waals surface area contributed by atoms with Crippen molar-refractivity contribution >= 4 is 23.5 Å². The zero-order valence-electron chi connectivity index (χ0n) is 21.0. The highest BCUT2D eigenvalue weighted by molar-refractivity contribution is 6.30. The quantitative estimate of drug-likeness (QED) is 0.437. The maximum absolute atomic E-state index is 13.4. The van der Waals surface area contributed by atoms with Crippen molar-refractivity contribution in [3.63, 3.8) is 0 Å². The summed E-state index contributed by atoms with van der Waals surface area (Å²) in [6.45, 7) is 5.85. The van der Waals surface area contributed by atoms with Gasteiger partial charge in [-0.2, -0.15) is 0 Å². The van der Waals surface area contributed by atoms with E-state index in [0.717, 1.165) is 48.8 Å². The Balaban J connectivity index is 1.46. The molecule has 0 spiro atoms. The zero-order chi connectivity index (χ0) is 26.3. The summed E-state index contributed by atoms with van der Waals surface area (Å²) in [6.07, 6.45) is 2.23. The van der Waals surface area contributed by atoms with E-state index in [1.165, 1.54) is 31.0 Å². The van der Waals surface area contributed by atoms with E-state index in [2.05, 4.69) is 20.1 Å². The van der Waals surface area contributed by atoms with Crippen molar-refractivity contribution in [1.82, 2.24) is 24.6 Å². The van der Waals surface area contributed by atoms with Crippen molar-refractivity contribution < 1.29 is 18.3 Å². The molecule has 2 aromatic heterocycles. The number of piperidine rings is 1. The van der Waals surface area contributed by atoms with Gasteiger partial charge in [0.25, 0.3) is 0 Å². The van der Waals surface area contributed by atoms with Gasteiger partial charge in [-0.1, -0.05) is 11.6 Å². The lowest BCUT2D eigenvalue weighted by Gasteiger charge is -2.32. The topological polar surface area (TPSA) is 76.4 Å². The summed E-state index contributed by atoms with van der Waals surface area (Å²) in [6, 6.07) is 8.19. The number of hydrogen-bond acceptors (Lipinski definition) is 6. The molecule has 11 heteroatoms. The smallest absolute Gasteiger partial charge is 0.411 e. The van der Waals surface area contributed by atoms with Gasteiger partial charge in [-0.05, 0) is 69.5 Å². The Kier molecular flexibility index (Phi) is 6.78. The minimum Gasteiger partial charge on any atom is -0.441 e. The van der Waals surface area contributed by atoms with Gasteiger partial charge in [0.15, 0.2) is 5.82 Å². The number of amides is 1. The molecule has 8 nitrogen and oxygen atoms in total. The molecular formula is C26H29ClF2N6O2. The van der Waals surface area contributed by atoms with Crippen LogP contribution in [0.1, 0.15) is 62.8 Å². The molecular weight excluding hydrogens is 502 g/mol. The third kappa shape index (κ3) is 4.99. The van der Waals surface area contributed by atoms with Gasteiger partial charge in [-0.25, -0.2) is 18.6 Å². The average Bonchev–Trinajstić information content (AvgIpc) is 3.27. The molecule has 3 aromatic rings. The molecule has 5 rings (SSSR count). The maximum Gasteiger partial charge on any atom is 0.411 e. The number of nitrogens with zero attached hydrogens (tertiary/aromatic N) is 6. The van der Waals surface area contributed by atoms with E-state index in [9.17, 15) is 13.6 Å². The van der Waals surface area contributed by atoms with Gasteiger partial charge in [0.2, 0.25) is 0 Å². The summed E-state index contributed by atoms with van der Waals surface area (Å²) < 4.78 is 34.2. The predicted octanol–water partition coefficient (Wildman–Crippen LogP) is 5.60. The Morgan fingerprint density at radius 1 is 1.16 bits per heavy atom. The number of carbonyl (C=O) groups excluding carboxylic acids is 1. The molecule has 37 heavy (non-hydrogen) atoms. The summed E-state index contributed by atoms with van der Waals surface area (Å²) in [7, 11) is 0. The average molecular weight is 531 g/mol. The van der Waals surface area contributed by atoms with Crippen LogP contribution in [0.25, 0.3) is 5.69 Å². The fraction of sp³-hybridized carbons (Fsp3) is 0.462. The number of alkyl halides is 1. The second-order valence-corrected chi connectivity index (χ2v) is 10.6.